The van der Waals surface area contributed by atoms with Crippen molar-refractivity contribution in [3.05, 3.63) is 45.9 Å². The molecular formula is C38H58N6O9S2. The zero-order valence-electron chi connectivity index (χ0n) is 33.6. The summed E-state index contributed by atoms with van der Waals surface area (Å²) in [6, 6.07) is 4.58. The van der Waals surface area contributed by atoms with E-state index in [1.807, 2.05) is 44.4 Å². The highest BCUT2D eigenvalue weighted by Gasteiger charge is 2.37. The number of thiazole rings is 1. The average Bonchev–Trinajstić information content (AvgIpc) is 3.57. The second-order valence-electron chi connectivity index (χ2n) is 15.5. The van der Waals surface area contributed by atoms with Crippen LogP contribution < -0.4 is 15.4 Å². The first kappa shape index (κ1) is 45.3. The van der Waals surface area contributed by atoms with Crippen LogP contribution in [-0.4, -0.2) is 97.4 Å². The molecule has 5 atom stereocenters. The largest absolute Gasteiger partial charge is 0.455 e. The molecule has 2 heterocycles. The minimum atomic E-state index is -4.21. The van der Waals surface area contributed by atoms with Gasteiger partial charge in [-0.25, -0.2) is 22.9 Å². The summed E-state index contributed by atoms with van der Waals surface area (Å²) in [5.41, 5.74) is -0.304. The van der Waals surface area contributed by atoms with Gasteiger partial charge in [-0.15, -0.1) is 11.3 Å². The molecule has 17 heteroatoms. The lowest BCUT2D eigenvalue weighted by Crippen LogP contribution is -2.58. The van der Waals surface area contributed by atoms with Crippen LogP contribution in [0.5, 0.6) is 0 Å². The van der Waals surface area contributed by atoms with Crippen LogP contribution in [0.4, 0.5) is 10.5 Å². The fourth-order valence-corrected chi connectivity index (χ4v) is 8.28. The molecule has 3 rings (SSSR count). The summed E-state index contributed by atoms with van der Waals surface area (Å²) in [5, 5.41) is 7.22. The Labute approximate surface area is 329 Å². The molecule has 1 aromatic carbocycles. The van der Waals surface area contributed by atoms with Gasteiger partial charge in [0.2, 0.25) is 21.8 Å². The van der Waals surface area contributed by atoms with Crippen LogP contribution in [0.25, 0.3) is 0 Å². The molecule has 306 valence electrons. The molecule has 3 N–H and O–H groups in total. The topological polar surface area (TPSA) is 193 Å². The van der Waals surface area contributed by atoms with E-state index in [1.165, 1.54) is 24.4 Å². The molecule has 1 aliphatic heterocycles. The molecule has 0 saturated carbocycles. The van der Waals surface area contributed by atoms with Gasteiger partial charge in [-0.2, -0.15) is 0 Å². The minimum absolute atomic E-state index is 0.115. The fourth-order valence-electron chi connectivity index (χ4n) is 6.37. The molecule has 0 aliphatic carbocycles. The maximum Gasteiger partial charge on any atom is 0.412 e. The summed E-state index contributed by atoms with van der Waals surface area (Å²) in [4.78, 5) is 73.1. The number of nitrogens with one attached hydrogen (secondary N) is 3. The lowest BCUT2D eigenvalue weighted by atomic mass is 9.92. The van der Waals surface area contributed by atoms with Gasteiger partial charge in [0.05, 0.1) is 11.8 Å². The summed E-state index contributed by atoms with van der Waals surface area (Å²) < 4.78 is 39.0. The van der Waals surface area contributed by atoms with E-state index in [4.69, 9.17) is 9.47 Å². The standard InChI is InChI=1S/C38H58N6O9S2/c1-11-24(4)32(41-34(47)29-17-12-13-18-43(29)9)36(48)44(10)30(23(2)3)20-31(52-25(5)45)35-40-28(21-54-35)33(46)42-55(50,51)22-26-15-14-16-27(19-26)39-37(49)53-38(6,7)8/h14-16,19,21,23-24,29-32H,11-13,17-18,20,22H2,1-10H3,(H,39,49)(H,41,47)(H,42,46)/t24-,29+,30+,31+,32-/m0/s1. The highest BCUT2D eigenvalue weighted by atomic mass is 32.2. The Morgan fingerprint density at radius 1 is 1.11 bits per heavy atom. The van der Waals surface area contributed by atoms with Gasteiger partial charge in [0, 0.05) is 37.5 Å². The molecule has 1 aromatic heterocycles. The van der Waals surface area contributed by atoms with Crippen molar-refractivity contribution in [3.8, 4) is 0 Å². The second-order valence-corrected chi connectivity index (χ2v) is 18.2. The second kappa shape index (κ2) is 19.7. The van der Waals surface area contributed by atoms with E-state index >= 15 is 0 Å². The van der Waals surface area contributed by atoms with Crippen LogP contribution in [0.3, 0.4) is 0 Å². The summed E-state index contributed by atoms with van der Waals surface area (Å²) >= 11 is 1.02. The minimum Gasteiger partial charge on any atom is -0.455 e. The number of sulfonamides is 1. The lowest BCUT2D eigenvalue weighted by Gasteiger charge is -2.38. The average molecular weight is 807 g/mol. The first-order chi connectivity index (χ1) is 25.6. The zero-order valence-corrected chi connectivity index (χ0v) is 35.3. The molecule has 0 bridgehead atoms. The van der Waals surface area contributed by atoms with Gasteiger partial charge in [-0.05, 0) is 76.7 Å². The van der Waals surface area contributed by atoms with Gasteiger partial charge < -0.3 is 19.7 Å². The third-order valence-corrected chi connectivity index (χ3v) is 11.6. The van der Waals surface area contributed by atoms with Crippen LogP contribution in [0.15, 0.2) is 29.6 Å². The number of likely N-dealkylation sites (N-methyl/N-ethyl adjacent to an activating group) is 2. The third-order valence-electron chi connectivity index (χ3n) is 9.44. The highest BCUT2D eigenvalue weighted by molar-refractivity contribution is 7.89. The van der Waals surface area contributed by atoms with Crippen molar-refractivity contribution in [3.63, 3.8) is 0 Å². The Bertz CT molecular complexity index is 1770. The molecule has 0 spiro atoms. The summed E-state index contributed by atoms with van der Waals surface area (Å²) in [7, 11) is -0.629. The number of piperidine rings is 1. The molecule has 1 fully saturated rings. The Morgan fingerprint density at radius 2 is 1.80 bits per heavy atom. The Hall–Kier alpha value is -4.09. The van der Waals surface area contributed by atoms with Crippen LogP contribution in [-0.2, 0) is 39.6 Å². The van der Waals surface area contributed by atoms with Gasteiger partial charge in [0.1, 0.15) is 22.3 Å². The number of hydrogen-bond acceptors (Lipinski definition) is 12. The van der Waals surface area contributed by atoms with E-state index in [0.29, 0.717) is 17.7 Å². The Balaban J connectivity index is 1.76. The number of carbonyl (C=O) groups is 5. The normalized spacial score (nSPS) is 17.3. The number of rotatable bonds is 16. The van der Waals surface area contributed by atoms with Crippen LogP contribution in [0, 0.1) is 11.8 Å². The van der Waals surface area contributed by atoms with Crippen LogP contribution in [0.2, 0.25) is 0 Å². The maximum absolute atomic E-state index is 14.1. The van der Waals surface area contributed by atoms with E-state index in [0.717, 1.165) is 37.1 Å². The van der Waals surface area contributed by atoms with Crippen molar-refractivity contribution in [2.24, 2.45) is 11.8 Å². The molecule has 15 nitrogen and oxygen atoms in total. The molecule has 4 amide bonds. The highest BCUT2D eigenvalue weighted by Crippen LogP contribution is 2.31. The predicted octanol–water partition coefficient (Wildman–Crippen LogP) is 5.24. The van der Waals surface area contributed by atoms with E-state index < -0.39 is 57.5 Å². The molecule has 0 unspecified atom stereocenters. The van der Waals surface area contributed by atoms with E-state index in [9.17, 15) is 32.4 Å². The Kier molecular flexibility index (Phi) is 16.2. The summed E-state index contributed by atoms with van der Waals surface area (Å²) in [5.74, 6) is -2.86. The number of ether oxygens (including phenoxy) is 2. The van der Waals surface area contributed by atoms with Gasteiger partial charge >= 0.3 is 12.1 Å². The monoisotopic (exact) mass is 806 g/mol. The number of nitrogens with zero attached hydrogens (tertiary/aromatic N) is 3. The fraction of sp³-hybridized carbons (Fsp3) is 0.632. The van der Waals surface area contributed by atoms with Crippen molar-refractivity contribution >= 4 is 56.8 Å². The quantitative estimate of drug-likeness (QED) is 0.188. The third kappa shape index (κ3) is 13.9. The number of amides is 4. The number of anilines is 1. The van der Waals surface area contributed by atoms with E-state index in [2.05, 4.69) is 15.6 Å². The molecular weight excluding hydrogens is 749 g/mol. The lowest BCUT2D eigenvalue weighted by molar-refractivity contribution is -0.149. The van der Waals surface area contributed by atoms with Crippen molar-refractivity contribution in [2.45, 2.75) is 123 Å². The molecule has 0 radical (unpaired) electrons. The number of likely N-dealkylation sites (tertiary alicyclic amines) is 1. The number of carbonyl (C=O) groups excluding carboxylic acids is 5. The van der Waals surface area contributed by atoms with Gasteiger partial charge in [-0.3, -0.25) is 29.4 Å². The first-order valence-corrected chi connectivity index (χ1v) is 21.2. The van der Waals surface area contributed by atoms with Gasteiger partial charge in [0.15, 0.2) is 6.10 Å². The zero-order chi connectivity index (χ0) is 41.2. The van der Waals surface area contributed by atoms with Crippen molar-refractivity contribution in [1.29, 1.82) is 0 Å². The molecule has 1 aliphatic rings. The first-order valence-electron chi connectivity index (χ1n) is 18.6. The number of hydrogen-bond donors (Lipinski definition) is 3. The van der Waals surface area contributed by atoms with Crippen molar-refractivity contribution < 1.29 is 41.9 Å². The number of benzene rings is 1. The molecule has 2 aromatic rings. The maximum atomic E-state index is 14.1. The molecule has 1 saturated heterocycles. The van der Waals surface area contributed by atoms with Crippen molar-refractivity contribution in [2.75, 3.05) is 26.0 Å². The van der Waals surface area contributed by atoms with Gasteiger partial charge in [0.25, 0.3) is 5.91 Å². The number of aromatic nitrogens is 1. The van der Waals surface area contributed by atoms with E-state index in [-0.39, 0.29) is 46.8 Å². The summed E-state index contributed by atoms with van der Waals surface area (Å²) in [6.07, 6.45) is 1.81. The Morgan fingerprint density at radius 3 is 2.40 bits per heavy atom. The SMILES string of the molecule is CC[C@H](C)[C@H](NC(=O)[C@H]1CCCCN1C)C(=O)N(C)[C@H](C[C@@H](OC(C)=O)c1nc(C(=O)NS(=O)(=O)Cc2cccc(NC(=O)OC(C)(C)C)c2)cs1)C(C)C. The van der Waals surface area contributed by atoms with Gasteiger partial charge in [-0.1, -0.05) is 52.7 Å². The summed E-state index contributed by atoms with van der Waals surface area (Å²) in [6.45, 7) is 15.0. The number of esters is 1. The van der Waals surface area contributed by atoms with Crippen LogP contribution in [0.1, 0.15) is 115 Å². The smallest absolute Gasteiger partial charge is 0.412 e. The van der Waals surface area contributed by atoms with Crippen molar-refractivity contribution in [1.82, 2.24) is 24.8 Å². The predicted molar refractivity (Wildman–Crippen MR) is 211 cm³/mol. The van der Waals surface area contributed by atoms with Crippen LogP contribution >= 0.6 is 11.3 Å². The van der Waals surface area contributed by atoms with E-state index in [1.54, 1.807) is 44.9 Å². The molecule has 55 heavy (non-hydrogen) atoms.